The van der Waals surface area contributed by atoms with Gasteiger partial charge < -0.3 is 4.74 Å². The van der Waals surface area contributed by atoms with E-state index < -0.39 is 0 Å². The van der Waals surface area contributed by atoms with Gasteiger partial charge in [-0.1, -0.05) is 32.0 Å². The first-order valence-electron chi connectivity index (χ1n) is 4.61. The number of hydrogen-bond acceptors (Lipinski definition) is 3. The van der Waals surface area contributed by atoms with Gasteiger partial charge in [0.2, 0.25) is 0 Å². The van der Waals surface area contributed by atoms with Gasteiger partial charge in [-0.2, -0.15) is 0 Å². The molecule has 0 rings (SSSR count). The van der Waals surface area contributed by atoms with Gasteiger partial charge in [-0.3, -0.25) is 10.1 Å². The van der Waals surface area contributed by atoms with E-state index in [9.17, 15) is 4.79 Å². The highest BCUT2D eigenvalue weighted by atomic mass is 35.5. The third kappa shape index (κ3) is 6.00. The van der Waals surface area contributed by atoms with Crippen molar-refractivity contribution in [3.8, 4) is 0 Å². The molecule has 0 aliphatic carbocycles. The second-order valence-electron chi connectivity index (χ2n) is 3.60. The largest absolute Gasteiger partial charge is 0.468 e. The lowest BCUT2D eigenvalue weighted by Crippen LogP contribution is -2.39. The van der Waals surface area contributed by atoms with Crippen LogP contribution in [0.25, 0.3) is 0 Å². The van der Waals surface area contributed by atoms with Gasteiger partial charge in [0.15, 0.2) is 0 Å². The molecule has 0 aromatic carbocycles. The number of methoxy groups -OCH3 is 1. The van der Waals surface area contributed by atoms with E-state index >= 15 is 0 Å². The number of ether oxygens (including phenoxy) is 1. The first-order chi connectivity index (χ1) is 6.47. The van der Waals surface area contributed by atoms with Crippen LogP contribution in [-0.2, 0) is 9.53 Å². The molecule has 0 bridgehead atoms. The maximum atomic E-state index is 11.3. The topological polar surface area (TPSA) is 38.3 Å². The number of halogens is 1. The molecular formula is C10H18ClNO2. The third-order valence-corrected chi connectivity index (χ3v) is 1.87. The van der Waals surface area contributed by atoms with E-state index in [0.29, 0.717) is 17.5 Å². The molecule has 0 saturated carbocycles. The van der Waals surface area contributed by atoms with Crippen LogP contribution in [0.4, 0.5) is 0 Å². The van der Waals surface area contributed by atoms with Crippen LogP contribution in [0.15, 0.2) is 11.6 Å². The molecule has 14 heavy (non-hydrogen) atoms. The van der Waals surface area contributed by atoms with E-state index in [4.69, 9.17) is 11.6 Å². The number of carbonyl (C=O) groups is 1. The van der Waals surface area contributed by atoms with Crippen molar-refractivity contribution in [1.82, 2.24) is 5.32 Å². The summed E-state index contributed by atoms with van der Waals surface area (Å²) in [5, 5.41) is 3.48. The number of esters is 1. The van der Waals surface area contributed by atoms with Gasteiger partial charge in [0.25, 0.3) is 0 Å². The number of hydrogen-bond donors (Lipinski definition) is 1. The Balaban J connectivity index is 4.10. The molecule has 1 atom stereocenters. The molecule has 0 aromatic heterocycles. The molecule has 1 N–H and O–H groups in total. The Bertz CT molecular complexity index is 204. The van der Waals surface area contributed by atoms with Crippen molar-refractivity contribution >= 4 is 17.6 Å². The van der Waals surface area contributed by atoms with Crippen molar-refractivity contribution in [2.75, 3.05) is 13.7 Å². The van der Waals surface area contributed by atoms with E-state index in [1.807, 2.05) is 13.8 Å². The second kappa shape index (κ2) is 6.85. The van der Waals surface area contributed by atoms with Gasteiger partial charge in [-0.25, -0.2) is 0 Å². The number of nitrogens with one attached hydrogen (secondary N) is 1. The molecule has 0 saturated heterocycles. The molecule has 4 heteroatoms. The summed E-state index contributed by atoms with van der Waals surface area (Å²) < 4.78 is 4.67. The van der Waals surface area contributed by atoms with Crippen LogP contribution < -0.4 is 5.32 Å². The van der Waals surface area contributed by atoms with Gasteiger partial charge in [-0.05, 0) is 12.3 Å². The van der Waals surface area contributed by atoms with Crippen LogP contribution >= 0.6 is 11.6 Å². The maximum absolute atomic E-state index is 11.3. The normalized spacial score (nSPS) is 12.6. The van der Waals surface area contributed by atoms with E-state index in [2.05, 4.69) is 16.6 Å². The summed E-state index contributed by atoms with van der Waals surface area (Å²) in [5.41, 5.74) is 0. The molecule has 3 nitrogen and oxygen atoms in total. The summed E-state index contributed by atoms with van der Waals surface area (Å²) in [4.78, 5) is 11.3. The summed E-state index contributed by atoms with van der Waals surface area (Å²) in [6.45, 7) is 8.06. The van der Waals surface area contributed by atoms with Crippen molar-refractivity contribution in [2.45, 2.75) is 26.3 Å². The molecule has 0 fully saturated rings. The molecule has 0 aliphatic heterocycles. The molecule has 0 aromatic rings. The lowest BCUT2D eigenvalue weighted by molar-refractivity contribution is -0.143. The van der Waals surface area contributed by atoms with Crippen molar-refractivity contribution in [3.05, 3.63) is 11.6 Å². The second-order valence-corrected chi connectivity index (χ2v) is 4.14. The van der Waals surface area contributed by atoms with Crippen LogP contribution in [0.3, 0.4) is 0 Å². The SMILES string of the molecule is C=C(Cl)CNC(CC(C)C)C(=O)OC. The minimum absolute atomic E-state index is 0.253. The number of carbonyl (C=O) groups excluding carboxylic acids is 1. The van der Waals surface area contributed by atoms with E-state index in [1.54, 1.807) is 0 Å². The van der Waals surface area contributed by atoms with Crippen LogP contribution in [0.2, 0.25) is 0 Å². The summed E-state index contributed by atoms with van der Waals surface area (Å²) >= 11 is 5.60. The van der Waals surface area contributed by atoms with Gasteiger partial charge >= 0.3 is 5.97 Å². The lowest BCUT2D eigenvalue weighted by Gasteiger charge is -2.17. The zero-order valence-electron chi connectivity index (χ0n) is 8.97. The Labute approximate surface area is 90.5 Å². The summed E-state index contributed by atoms with van der Waals surface area (Å²) in [6.07, 6.45) is 0.733. The van der Waals surface area contributed by atoms with Crippen molar-refractivity contribution in [1.29, 1.82) is 0 Å². The van der Waals surface area contributed by atoms with Gasteiger partial charge in [0, 0.05) is 11.6 Å². The van der Waals surface area contributed by atoms with Gasteiger partial charge in [0.1, 0.15) is 6.04 Å². The van der Waals surface area contributed by atoms with Crippen molar-refractivity contribution in [2.24, 2.45) is 5.92 Å². The Morgan fingerprint density at radius 1 is 1.57 bits per heavy atom. The molecule has 0 amide bonds. The summed E-state index contributed by atoms with van der Waals surface area (Å²) in [5.74, 6) is 0.173. The number of rotatable bonds is 6. The average Bonchev–Trinajstić information content (AvgIpc) is 2.10. The Morgan fingerprint density at radius 3 is 2.50 bits per heavy atom. The minimum atomic E-state index is -0.296. The van der Waals surface area contributed by atoms with E-state index in [0.717, 1.165) is 6.42 Å². The molecular weight excluding hydrogens is 202 g/mol. The zero-order valence-corrected chi connectivity index (χ0v) is 9.73. The molecule has 0 heterocycles. The summed E-state index contributed by atoms with van der Waals surface area (Å²) in [6, 6.07) is -0.296. The quantitative estimate of drug-likeness (QED) is 0.694. The van der Waals surface area contributed by atoms with E-state index in [-0.39, 0.29) is 12.0 Å². The molecule has 1 unspecified atom stereocenters. The highest BCUT2D eigenvalue weighted by Gasteiger charge is 2.19. The predicted molar refractivity (Wildman–Crippen MR) is 58.3 cm³/mol. The Hall–Kier alpha value is -0.540. The molecule has 0 radical (unpaired) electrons. The standard InChI is InChI=1S/C10H18ClNO2/c1-7(2)5-9(10(13)14-4)12-6-8(3)11/h7,9,12H,3,5-6H2,1-2,4H3. The Morgan fingerprint density at radius 2 is 2.14 bits per heavy atom. The molecule has 0 spiro atoms. The molecule has 0 aliphatic rings. The summed E-state index contributed by atoms with van der Waals surface area (Å²) in [7, 11) is 1.38. The van der Waals surface area contributed by atoms with Gasteiger partial charge in [-0.15, -0.1) is 0 Å². The fraction of sp³-hybridized carbons (Fsp3) is 0.700. The molecule has 82 valence electrons. The van der Waals surface area contributed by atoms with Gasteiger partial charge in [0.05, 0.1) is 7.11 Å². The minimum Gasteiger partial charge on any atom is -0.468 e. The fourth-order valence-electron chi connectivity index (χ4n) is 1.11. The average molecular weight is 220 g/mol. The lowest BCUT2D eigenvalue weighted by atomic mass is 10.0. The first-order valence-corrected chi connectivity index (χ1v) is 4.99. The maximum Gasteiger partial charge on any atom is 0.322 e. The van der Waals surface area contributed by atoms with Crippen LogP contribution in [0.1, 0.15) is 20.3 Å². The Kier molecular flexibility index (Phi) is 6.58. The first kappa shape index (κ1) is 13.5. The fourth-order valence-corrected chi connectivity index (χ4v) is 1.19. The third-order valence-electron chi connectivity index (χ3n) is 1.73. The highest BCUT2D eigenvalue weighted by molar-refractivity contribution is 6.29. The predicted octanol–water partition coefficient (Wildman–Crippen LogP) is 1.92. The van der Waals surface area contributed by atoms with E-state index in [1.165, 1.54) is 7.11 Å². The van der Waals surface area contributed by atoms with Crippen LogP contribution in [0, 0.1) is 5.92 Å². The van der Waals surface area contributed by atoms with Crippen LogP contribution in [0.5, 0.6) is 0 Å². The van der Waals surface area contributed by atoms with Crippen molar-refractivity contribution in [3.63, 3.8) is 0 Å². The van der Waals surface area contributed by atoms with Crippen LogP contribution in [-0.4, -0.2) is 25.7 Å². The van der Waals surface area contributed by atoms with Crippen molar-refractivity contribution < 1.29 is 9.53 Å². The highest BCUT2D eigenvalue weighted by Crippen LogP contribution is 2.07. The zero-order chi connectivity index (χ0) is 11.1. The monoisotopic (exact) mass is 219 g/mol. The smallest absolute Gasteiger partial charge is 0.322 e.